The van der Waals surface area contributed by atoms with Crippen molar-refractivity contribution in [1.29, 1.82) is 0 Å². The van der Waals surface area contributed by atoms with Crippen LogP contribution in [-0.2, 0) is 11.2 Å². The molecule has 1 unspecified atom stereocenters. The van der Waals surface area contributed by atoms with Crippen LogP contribution in [-0.4, -0.2) is 16.2 Å². The second-order valence-corrected chi connectivity index (χ2v) is 3.72. The lowest BCUT2D eigenvalue weighted by molar-refractivity contribution is -0.139. The first kappa shape index (κ1) is 10.2. The minimum Gasteiger partial charge on any atom is -0.481 e. The van der Waals surface area contributed by atoms with Gasteiger partial charge in [0.05, 0.1) is 12.5 Å². The number of carbonyl (C=O) groups is 1. The first-order valence-electron chi connectivity index (χ1n) is 4.11. The monoisotopic (exact) mass is 200 g/mol. The molecular formula is C9H12O3S. The van der Waals surface area contributed by atoms with Gasteiger partial charge < -0.3 is 10.2 Å². The summed E-state index contributed by atoms with van der Waals surface area (Å²) in [5.74, 6) is -0.969. The fourth-order valence-corrected chi connectivity index (χ4v) is 2.17. The summed E-state index contributed by atoms with van der Waals surface area (Å²) in [5.41, 5.74) is 1.04. The smallest absolute Gasteiger partial charge is 0.306 e. The number of aryl methyl sites for hydroxylation is 1. The van der Waals surface area contributed by atoms with Crippen molar-refractivity contribution in [2.75, 3.05) is 0 Å². The first-order chi connectivity index (χ1) is 6.15. The van der Waals surface area contributed by atoms with E-state index in [1.165, 1.54) is 11.3 Å². The van der Waals surface area contributed by atoms with Gasteiger partial charge in [-0.1, -0.05) is 6.92 Å². The molecule has 72 valence electrons. The maximum atomic E-state index is 10.3. The van der Waals surface area contributed by atoms with Crippen LogP contribution in [0.2, 0.25) is 0 Å². The highest BCUT2D eigenvalue weighted by Gasteiger charge is 2.15. The predicted molar refractivity (Wildman–Crippen MR) is 50.9 cm³/mol. The summed E-state index contributed by atoms with van der Waals surface area (Å²) in [4.78, 5) is 11.1. The van der Waals surface area contributed by atoms with Gasteiger partial charge in [-0.3, -0.25) is 4.79 Å². The second kappa shape index (κ2) is 4.39. The Kier molecular flexibility index (Phi) is 3.45. The number of rotatable bonds is 4. The standard InChI is InChI=1S/C9H12O3S/c1-2-6-3-4-13-9(6)7(10)5-8(11)12/h3-4,7,10H,2,5H2,1H3,(H,11,12). The molecule has 4 heteroatoms. The van der Waals surface area contributed by atoms with Gasteiger partial charge in [0.2, 0.25) is 0 Å². The number of aliphatic hydroxyl groups excluding tert-OH is 1. The molecular weight excluding hydrogens is 188 g/mol. The van der Waals surface area contributed by atoms with E-state index in [2.05, 4.69) is 0 Å². The average Bonchev–Trinajstić information content (AvgIpc) is 2.49. The Morgan fingerprint density at radius 1 is 1.69 bits per heavy atom. The fourth-order valence-electron chi connectivity index (χ4n) is 1.19. The molecule has 0 bridgehead atoms. The Balaban J connectivity index is 2.75. The molecule has 1 atom stereocenters. The molecule has 0 fully saturated rings. The zero-order chi connectivity index (χ0) is 9.84. The van der Waals surface area contributed by atoms with E-state index in [1.54, 1.807) is 0 Å². The molecule has 0 aliphatic carbocycles. The average molecular weight is 200 g/mol. The molecule has 0 spiro atoms. The second-order valence-electron chi connectivity index (χ2n) is 2.78. The summed E-state index contributed by atoms with van der Waals surface area (Å²) in [7, 11) is 0. The molecule has 1 aromatic rings. The minimum atomic E-state index is -0.969. The van der Waals surface area contributed by atoms with Gasteiger partial charge >= 0.3 is 5.97 Å². The van der Waals surface area contributed by atoms with Gasteiger partial charge in [0.25, 0.3) is 0 Å². The number of carboxylic acids is 1. The molecule has 1 aromatic heterocycles. The van der Waals surface area contributed by atoms with Gasteiger partial charge in [0.1, 0.15) is 0 Å². The Morgan fingerprint density at radius 2 is 2.38 bits per heavy atom. The summed E-state index contributed by atoms with van der Waals surface area (Å²) in [6.07, 6.45) is -0.240. The molecule has 0 amide bonds. The van der Waals surface area contributed by atoms with Crippen molar-refractivity contribution in [3.63, 3.8) is 0 Å². The Hall–Kier alpha value is -0.870. The van der Waals surface area contributed by atoms with E-state index < -0.39 is 12.1 Å². The lowest BCUT2D eigenvalue weighted by Crippen LogP contribution is -2.05. The topological polar surface area (TPSA) is 57.5 Å². The van der Waals surface area contributed by atoms with Crippen LogP contribution in [0.5, 0.6) is 0 Å². The van der Waals surface area contributed by atoms with Crippen LogP contribution >= 0.6 is 11.3 Å². The van der Waals surface area contributed by atoms with E-state index in [-0.39, 0.29) is 6.42 Å². The van der Waals surface area contributed by atoms with Crippen molar-refractivity contribution in [2.24, 2.45) is 0 Å². The zero-order valence-electron chi connectivity index (χ0n) is 7.36. The number of aliphatic hydroxyl groups is 1. The molecule has 3 nitrogen and oxygen atoms in total. The predicted octanol–water partition coefficient (Wildman–Crippen LogP) is 1.82. The van der Waals surface area contributed by atoms with Crippen LogP contribution < -0.4 is 0 Å². The SMILES string of the molecule is CCc1ccsc1C(O)CC(=O)O. The van der Waals surface area contributed by atoms with E-state index in [1.807, 2.05) is 18.4 Å². The van der Waals surface area contributed by atoms with Gasteiger partial charge in [-0.15, -0.1) is 11.3 Å². The Morgan fingerprint density at radius 3 is 2.92 bits per heavy atom. The quantitative estimate of drug-likeness (QED) is 0.779. The molecule has 2 N–H and O–H groups in total. The van der Waals surface area contributed by atoms with Crippen LogP contribution in [0.25, 0.3) is 0 Å². The van der Waals surface area contributed by atoms with E-state index in [0.29, 0.717) is 0 Å². The largest absolute Gasteiger partial charge is 0.481 e. The van der Waals surface area contributed by atoms with E-state index in [0.717, 1.165) is 16.9 Å². The maximum Gasteiger partial charge on any atom is 0.306 e. The van der Waals surface area contributed by atoms with E-state index >= 15 is 0 Å². The van der Waals surface area contributed by atoms with Crippen molar-refractivity contribution >= 4 is 17.3 Å². The number of thiophene rings is 1. The Bertz CT molecular complexity index is 293. The summed E-state index contributed by atoms with van der Waals surface area (Å²) >= 11 is 1.41. The molecule has 1 heterocycles. The number of aliphatic carboxylic acids is 1. The van der Waals surface area contributed by atoms with Crippen LogP contribution in [0.4, 0.5) is 0 Å². The van der Waals surface area contributed by atoms with Crippen LogP contribution in [0.3, 0.4) is 0 Å². The molecule has 0 radical (unpaired) electrons. The fraction of sp³-hybridized carbons (Fsp3) is 0.444. The lowest BCUT2D eigenvalue weighted by Gasteiger charge is -2.07. The summed E-state index contributed by atoms with van der Waals surface area (Å²) < 4.78 is 0. The Labute approximate surface area is 80.6 Å². The normalized spacial score (nSPS) is 12.8. The van der Waals surface area contributed by atoms with Crippen molar-refractivity contribution in [1.82, 2.24) is 0 Å². The third-order valence-electron chi connectivity index (χ3n) is 1.83. The highest BCUT2D eigenvalue weighted by atomic mass is 32.1. The van der Waals surface area contributed by atoms with Crippen molar-refractivity contribution < 1.29 is 15.0 Å². The molecule has 0 aromatic carbocycles. The molecule has 1 rings (SSSR count). The van der Waals surface area contributed by atoms with Crippen LogP contribution in [0.1, 0.15) is 29.9 Å². The molecule has 0 aliphatic rings. The molecule has 0 aliphatic heterocycles. The van der Waals surface area contributed by atoms with Crippen molar-refractivity contribution in [3.8, 4) is 0 Å². The van der Waals surface area contributed by atoms with Crippen LogP contribution in [0.15, 0.2) is 11.4 Å². The highest BCUT2D eigenvalue weighted by Crippen LogP contribution is 2.26. The third kappa shape index (κ3) is 2.54. The molecule has 0 saturated carbocycles. The minimum absolute atomic E-state index is 0.215. The first-order valence-corrected chi connectivity index (χ1v) is 4.99. The van der Waals surface area contributed by atoms with Crippen molar-refractivity contribution in [3.05, 3.63) is 21.9 Å². The summed E-state index contributed by atoms with van der Waals surface area (Å²) in [6, 6.07) is 1.92. The van der Waals surface area contributed by atoms with Gasteiger partial charge in [0.15, 0.2) is 0 Å². The van der Waals surface area contributed by atoms with E-state index in [9.17, 15) is 9.90 Å². The molecule has 13 heavy (non-hydrogen) atoms. The highest BCUT2D eigenvalue weighted by molar-refractivity contribution is 7.10. The van der Waals surface area contributed by atoms with Gasteiger partial charge in [-0.2, -0.15) is 0 Å². The maximum absolute atomic E-state index is 10.3. The summed E-state index contributed by atoms with van der Waals surface area (Å²) in [5, 5.41) is 19.9. The number of carboxylic acid groups (broad SMARTS) is 1. The number of hydrogen-bond donors (Lipinski definition) is 2. The zero-order valence-corrected chi connectivity index (χ0v) is 8.17. The van der Waals surface area contributed by atoms with Crippen molar-refractivity contribution in [2.45, 2.75) is 25.9 Å². The number of hydrogen-bond acceptors (Lipinski definition) is 3. The van der Waals surface area contributed by atoms with Gasteiger partial charge in [-0.05, 0) is 23.4 Å². The summed E-state index contributed by atoms with van der Waals surface area (Å²) in [6.45, 7) is 1.99. The van der Waals surface area contributed by atoms with E-state index in [4.69, 9.17) is 5.11 Å². The lowest BCUT2D eigenvalue weighted by atomic mass is 10.1. The molecule has 0 saturated heterocycles. The third-order valence-corrected chi connectivity index (χ3v) is 2.89. The van der Waals surface area contributed by atoms with Gasteiger partial charge in [-0.25, -0.2) is 0 Å². The van der Waals surface area contributed by atoms with Gasteiger partial charge in [0, 0.05) is 4.88 Å². The van der Waals surface area contributed by atoms with Crippen LogP contribution in [0, 0.1) is 0 Å².